The highest BCUT2D eigenvalue weighted by Gasteiger charge is 2.16. The summed E-state index contributed by atoms with van der Waals surface area (Å²) >= 11 is 3.37. The van der Waals surface area contributed by atoms with Crippen LogP contribution in [-0.4, -0.2) is 18.2 Å². The van der Waals surface area contributed by atoms with Crippen molar-refractivity contribution < 1.29 is 14.3 Å². The van der Waals surface area contributed by atoms with Gasteiger partial charge in [0.05, 0.1) is 17.5 Å². The van der Waals surface area contributed by atoms with Gasteiger partial charge in [-0.3, -0.25) is 4.79 Å². The second-order valence-electron chi connectivity index (χ2n) is 4.62. The van der Waals surface area contributed by atoms with Crippen molar-refractivity contribution in [3.63, 3.8) is 0 Å². The van der Waals surface area contributed by atoms with Crippen LogP contribution in [0, 0.1) is 0 Å². The smallest absolute Gasteiger partial charge is 0.309 e. The number of benzene rings is 1. The molecule has 0 aliphatic rings. The topological polar surface area (TPSA) is 35.5 Å². The summed E-state index contributed by atoms with van der Waals surface area (Å²) in [5, 5.41) is 0. The van der Waals surface area contributed by atoms with Crippen molar-refractivity contribution in [3.8, 4) is 5.75 Å². The van der Waals surface area contributed by atoms with E-state index in [1.54, 1.807) is 0 Å². The largest absolute Gasteiger partial charge is 0.492 e. The summed E-state index contributed by atoms with van der Waals surface area (Å²) in [6.07, 6.45) is 0.249. The summed E-state index contributed by atoms with van der Waals surface area (Å²) in [4.78, 5) is 11.4. The summed E-state index contributed by atoms with van der Waals surface area (Å²) in [5.74, 6) is 0.487. The highest BCUT2D eigenvalue weighted by molar-refractivity contribution is 9.10. The fourth-order valence-electron chi connectivity index (χ4n) is 1.20. The van der Waals surface area contributed by atoms with Gasteiger partial charge < -0.3 is 9.47 Å². The fourth-order valence-corrected chi connectivity index (χ4v) is 1.60. The number of hydrogen-bond donors (Lipinski definition) is 0. The Hall–Kier alpha value is -1.03. The average molecular weight is 301 g/mol. The third kappa shape index (κ3) is 5.73. The standard InChI is InChI=1S/C13H17BrO3/c1-13(2,3)17-12(15)8-9-16-11-7-5-4-6-10(11)14/h4-7H,8-9H2,1-3H3. The first kappa shape index (κ1) is 14.0. The maximum atomic E-state index is 11.4. The summed E-state index contributed by atoms with van der Waals surface area (Å²) in [6.45, 7) is 5.86. The minimum Gasteiger partial charge on any atom is -0.492 e. The molecule has 0 saturated carbocycles. The third-order valence-corrected chi connectivity index (χ3v) is 2.48. The normalized spacial score (nSPS) is 11.1. The Labute approximate surface area is 110 Å². The van der Waals surface area contributed by atoms with Crippen LogP contribution in [0.2, 0.25) is 0 Å². The lowest BCUT2D eigenvalue weighted by atomic mass is 10.2. The monoisotopic (exact) mass is 300 g/mol. The SMILES string of the molecule is CC(C)(C)OC(=O)CCOc1ccccc1Br. The lowest BCUT2D eigenvalue weighted by molar-refractivity contribution is -0.155. The number of carbonyl (C=O) groups is 1. The van der Waals surface area contributed by atoms with Gasteiger partial charge in [-0.1, -0.05) is 12.1 Å². The van der Waals surface area contributed by atoms with E-state index in [2.05, 4.69) is 15.9 Å². The van der Waals surface area contributed by atoms with E-state index in [0.29, 0.717) is 6.61 Å². The first-order chi connectivity index (χ1) is 7.88. The molecule has 1 aromatic rings. The minimum absolute atomic E-state index is 0.246. The van der Waals surface area contributed by atoms with Crippen LogP contribution in [0.15, 0.2) is 28.7 Å². The van der Waals surface area contributed by atoms with Gasteiger partial charge in [0.15, 0.2) is 0 Å². The molecule has 0 spiro atoms. The van der Waals surface area contributed by atoms with Crippen LogP contribution >= 0.6 is 15.9 Å². The van der Waals surface area contributed by atoms with Crippen molar-refractivity contribution in [1.82, 2.24) is 0 Å². The molecule has 0 saturated heterocycles. The summed E-state index contributed by atoms with van der Waals surface area (Å²) in [5.41, 5.74) is -0.440. The number of hydrogen-bond acceptors (Lipinski definition) is 3. The van der Waals surface area contributed by atoms with E-state index in [0.717, 1.165) is 10.2 Å². The molecule has 0 bridgehead atoms. The van der Waals surface area contributed by atoms with Crippen molar-refractivity contribution in [3.05, 3.63) is 28.7 Å². The van der Waals surface area contributed by atoms with Crippen LogP contribution < -0.4 is 4.74 Å². The zero-order chi connectivity index (χ0) is 12.9. The molecule has 0 atom stereocenters. The minimum atomic E-state index is -0.440. The molecule has 94 valence electrons. The Morgan fingerprint density at radius 1 is 1.29 bits per heavy atom. The Morgan fingerprint density at radius 3 is 2.53 bits per heavy atom. The molecular weight excluding hydrogens is 284 g/mol. The molecule has 0 aliphatic heterocycles. The van der Waals surface area contributed by atoms with E-state index in [9.17, 15) is 4.79 Å². The second kappa shape index (κ2) is 6.05. The molecule has 0 heterocycles. The van der Waals surface area contributed by atoms with Crippen molar-refractivity contribution >= 4 is 21.9 Å². The van der Waals surface area contributed by atoms with E-state index >= 15 is 0 Å². The van der Waals surface area contributed by atoms with Gasteiger partial charge in [-0.05, 0) is 48.8 Å². The van der Waals surface area contributed by atoms with Crippen LogP contribution in [0.3, 0.4) is 0 Å². The van der Waals surface area contributed by atoms with Gasteiger partial charge in [0.1, 0.15) is 11.4 Å². The number of esters is 1. The van der Waals surface area contributed by atoms with Crippen molar-refractivity contribution in [1.29, 1.82) is 0 Å². The number of carbonyl (C=O) groups excluding carboxylic acids is 1. The quantitative estimate of drug-likeness (QED) is 0.798. The number of ether oxygens (including phenoxy) is 2. The molecule has 1 rings (SSSR count). The van der Waals surface area contributed by atoms with E-state index < -0.39 is 5.60 Å². The van der Waals surface area contributed by atoms with Crippen LogP contribution in [0.4, 0.5) is 0 Å². The van der Waals surface area contributed by atoms with E-state index in [1.165, 1.54) is 0 Å². The van der Waals surface area contributed by atoms with E-state index in [4.69, 9.17) is 9.47 Å². The number of rotatable bonds is 4. The first-order valence-corrected chi connectivity index (χ1v) is 6.27. The number of para-hydroxylation sites is 1. The molecule has 0 fully saturated rings. The molecule has 0 unspecified atom stereocenters. The fraction of sp³-hybridized carbons (Fsp3) is 0.462. The Kier molecular flexibility index (Phi) is 5.00. The van der Waals surface area contributed by atoms with Gasteiger partial charge in [-0.15, -0.1) is 0 Å². The molecule has 0 amide bonds. The van der Waals surface area contributed by atoms with E-state index in [1.807, 2.05) is 45.0 Å². The molecule has 3 nitrogen and oxygen atoms in total. The summed E-state index contributed by atoms with van der Waals surface area (Å²) in [7, 11) is 0. The maximum Gasteiger partial charge on any atom is 0.309 e. The predicted octanol–water partition coefficient (Wildman–Crippen LogP) is 3.56. The molecule has 0 aliphatic carbocycles. The Bertz CT molecular complexity index is 382. The molecule has 0 N–H and O–H groups in total. The van der Waals surface area contributed by atoms with Crippen molar-refractivity contribution in [2.75, 3.05) is 6.61 Å². The maximum absolute atomic E-state index is 11.4. The molecule has 1 aromatic carbocycles. The van der Waals surface area contributed by atoms with Crippen LogP contribution in [0.25, 0.3) is 0 Å². The van der Waals surface area contributed by atoms with Crippen molar-refractivity contribution in [2.24, 2.45) is 0 Å². The van der Waals surface area contributed by atoms with Crippen LogP contribution in [-0.2, 0) is 9.53 Å². The highest BCUT2D eigenvalue weighted by atomic mass is 79.9. The second-order valence-corrected chi connectivity index (χ2v) is 5.47. The lowest BCUT2D eigenvalue weighted by Gasteiger charge is -2.19. The van der Waals surface area contributed by atoms with Crippen LogP contribution in [0.1, 0.15) is 27.2 Å². The first-order valence-electron chi connectivity index (χ1n) is 5.48. The van der Waals surface area contributed by atoms with Gasteiger partial charge in [0.25, 0.3) is 0 Å². The van der Waals surface area contributed by atoms with Gasteiger partial charge >= 0.3 is 5.97 Å². The highest BCUT2D eigenvalue weighted by Crippen LogP contribution is 2.23. The van der Waals surface area contributed by atoms with E-state index in [-0.39, 0.29) is 12.4 Å². The van der Waals surface area contributed by atoms with Gasteiger partial charge in [-0.25, -0.2) is 0 Å². The molecule has 4 heteroatoms. The summed E-state index contributed by atoms with van der Waals surface area (Å²) in [6, 6.07) is 7.53. The lowest BCUT2D eigenvalue weighted by Crippen LogP contribution is -2.24. The average Bonchev–Trinajstić information content (AvgIpc) is 2.18. The summed E-state index contributed by atoms with van der Waals surface area (Å²) < 4.78 is 11.5. The van der Waals surface area contributed by atoms with Gasteiger partial charge in [0.2, 0.25) is 0 Å². The third-order valence-electron chi connectivity index (χ3n) is 1.82. The van der Waals surface area contributed by atoms with Crippen LogP contribution in [0.5, 0.6) is 5.75 Å². The number of halogens is 1. The zero-order valence-electron chi connectivity index (χ0n) is 10.3. The Morgan fingerprint density at radius 2 is 1.94 bits per heavy atom. The van der Waals surface area contributed by atoms with Gasteiger partial charge in [0, 0.05) is 0 Å². The molecular formula is C13H17BrO3. The Balaban J connectivity index is 2.34. The van der Waals surface area contributed by atoms with Gasteiger partial charge in [-0.2, -0.15) is 0 Å². The molecule has 0 radical (unpaired) electrons. The van der Waals surface area contributed by atoms with Crippen molar-refractivity contribution in [2.45, 2.75) is 32.8 Å². The molecule has 0 aromatic heterocycles. The molecule has 17 heavy (non-hydrogen) atoms. The predicted molar refractivity (Wildman–Crippen MR) is 70.1 cm³/mol. The zero-order valence-corrected chi connectivity index (χ0v) is 11.9.